The molecule has 1 fully saturated rings. The van der Waals surface area contributed by atoms with Gasteiger partial charge in [-0.3, -0.25) is 0 Å². The van der Waals surface area contributed by atoms with Gasteiger partial charge < -0.3 is 9.80 Å². The molecule has 0 unspecified atom stereocenters. The Hall–Kier alpha value is -2.29. The molecule has 1 aliphatic heterocycles. The Morgan fingerprint density at radius 1 is 0.773 bits per heavy atom. The highest BCUT2D eigenvalue weighted by Gasteiger charge is 2.28. The van der Waals surface area contributed by atoms with Crippen molar-refractivity contribution in [3.63, 3.8) is 0 Å². The smallest absolute Gasteiger partial charge is 0.319 e. The second-order valence-electron chi connectivity index (χ2n) is 5.98. The van der Waals surface area contributed by atoms with Crippen LogP contribution in [0.1, 0.15) is 22.3 Å². The molecule has 0 atom stereocenters. The molecule has 114 valence electrons. The van der Waals surface area contributed by atoms with Crippen molar-refractivity contribution in [2.45, 2.75) is 26.9 Å². The summed E-state index contributed by atoms with van der Waals surface area (Å²) in [4.78, 5) is 16.5. The zero-order chi connectivity index (χ0) is 15.5. The lowest BCUT2D eigenvalue weighted by Crippen LogP contribution is -2.31. The molecule has 0 spiro atoms. The molecule has 2 aromatic carbocycles. The molecule has 0 N–H and O–H groups in total. The van der Waals surface area contributed by atoms with E-state index in [1.54, 1.807) is 0 Å². The van der Waals surface area contributed by atoms with E-state index in [2.05, 4.69) is 38.1 Å². The molecule has 3 nitrogen and oxygen atoms in total. The zero-order valence-corrected chi connectivity index (χ0v) is 13.2. The Kier molecular flexibility index (Phi) is 4.14. The van der Waals surface area contributed by atoms with Crippen LogP contribution in [-0.4, -0.2) is 28.9 Å². The van der Waals surface area contributed by atoms with Gasteiger partial charge in [-0.1, -0.05) is 48.5 Å². The Morgan fingerprint density at radius 2 is 1.18 bits per heavy atom. The van der Waals surface area contributed by atoms with Crippen molar-refractivity contribution < 1.29 is 4.79 Å². The fraction of sp³-hybridized carbons (Fsp3) is 0.316. The summed E-state index contributed by atoms with van der Waals surface area (Å²) in [5, 5.41) is 0. The van der Waals surface area contributed by atoms with Crippen LogP contribution >= 0.6 is 0 Å². The molecule has 3 rings (SSSR count). The first-order valence-corrected chi connectivity index (χ1v) is 7.78. The molecule has 3 heteroatoms. The van der Waals surface area contributed by atoms with Crippen molar-refractivity contribution >= 4 is 6.03 Å². The zero-order valence-electron chi connectivity index (χ0n) is 13.2. The van der Waals surface area contributed by atoms with Gasteiger partial charge in [0.1, 0.15) is 0 Å². The van der Waals surface area contributed by atoms with Gasteiger partial charge in [-0.25, -0.2) is 4.79 Å². The average molecular weight is 294 g/mol. The molecule has 1 heterocycles. The first kappa shape index (κ1) is 14.6. The van der Waals surface area contributed by atoms with Crippen molar-refractivity contribution in [2.24, 2.45) is 0 Å². The van der Waals surface area contributed by atoms with E-state index in [0.717, 1.165) is 13.1 Å². The highest BCUT2D eigenvalue weighted by Crippen LogP contribution is 2.19. The summed E-state index contributed by atoms with van der Waals surface area (Å²) in [5.74, 6) is 0. The largest absolute Gasteiger partial charge is 0.320 e. The normalized spacial score (nSPS) is 14.7. The Bertz CT molecular complexity index is 623. The summed E-state index contributed by atoms with van der Waals surface area (Å²) in [6, 6.07) is 16.7. The van der Waals surface area contributed by atoms with Crippen molar-refractivity contribution in [3.05, 3.63) is 70.8 Å². The maximum absolute atomic E-state index is 12.6. The lowest BCUT2D eigenvalue weighted by molar-refractivity contribution is 0.188. The summed E-state index contributed by atoms with van der Waals surface area (Å²) in [6.07, 6.45) is 0. The van der Waals surface area contributed by atoms with Crippen LogP contribution in [0.5, 0.6) is 0 Å². The van der Waals surface area contributed by atoms with Crippen LogP contribution in [0.15, 0.2) is 48.5 Å². The second-order valence-corrected chi connectivity index (χ2v) is 5.98. The highest BCUT2D eigenvalue weighted by atomic mass is 16.2. The van der Waals surface area contributed by atoms with Gasteiger partial charge in [-0.15, -0.1) is 0 Å². The number of hydrogen-bond acceptors (Lipinski definition) is 1. The van der Waals surface area contributed by atoms with Crippen LogP contribution in [0.4, 0.5) is 4.79 Å². The topological polar surface area (TPSA) is 23.6 Å². The predicted octanol–water partition coefficient (Wildman–Crippen LogP) is 3.74. The van der Waals surface area contributed by atoms with Gasteiger partial charge in [0.05, 0.1) is 0 Å². The van der Waals surface area contributed by atoms with Gasteiger partial charge in [-0.05, 0) is 36.1 Å². The summed E-state index contributed by atoms with van der Waals surface area (Å²) < 4.78 is 0. The third kappa shape index (κ3) is 2.98. The molecule has 1 saturated heterocycles. The lowest BCUT2D eigenvalue weighted by Gasteiger charge is -2.20. The molecule has 0 aromatic heterocycles. The first-order chi connectivity index (χ1) is 10.6. The molecular formula is C19H22N2O. The van der Waals surface area contributed by atoms with Crippen LogP contribution in [0.2, 0.25) is 0 Å². The molecule has 0 radical (unpaired) electrons. The standard InChI is InChI=1S/C19H22N2O/c1-15-7-3-5-9-17(15)13-20-11-12-21(19(20)22)14-18-10-6-4-8-16(18)2/h3-10H,11-14H2,1-2H3. The molecule has 2 amide bonds. The summed E-state index contributed by atoms with van der Waals surface area (Å²) in [7, 11) is 0. The van der Waals surface area contributed by atoms with Gasteiger partial charge in [0.25, 0.3) is 0 Å². The third-order valence-electron chi connectivity index (χ3n) is 4.43. The van der Waals surface area contributed by atoms with E-state index in [1.165, 1.54) is 22.3 Å². The van der Waals surface area contributed by atoms with E-state index in [0.29, 0.717) is 13.1 Å². The van der Waals surface area contributed by atoms with Crippen LogP contribution in [0.25, 0.3) is 0 Å². The second kappa shape index (κ2) is 6.22. The van der Waals surface area contributed by atoms with Gasteiger partial charge in [0.15, 0.2) is 0 Å². The third-order valence-corrected chi connectivity index (χ3v) is 4.43. The average Bonchev–Trinajstić information content (AvgIpc) is 2.85. The lowest BCUT2D eigenvalue weighted by atomic mass is 10.1. The molecular weight excluding hydrogens is 272 g/mol. The quantitative estimate of drug-likeness (QED) is 0.842. The molecule has 0 aliphatic carbocycles. The number of carbonyl (C=O) groups is 1. The van der Waals surface area contributed by atoms with Gasteiger partial charge >= 0.3 is 6.03 Å². The maximum atomic E-state index is 12.6. The summed E-state index contributed by atoms with van der Waals surface area (Å²) in [6.45, 7) is 7.21. The number of urea groups is 1. The first-order valence-electron chi connectivity index (χ1n) is 7.78. The van der Waals surface area contributed by atoms with E-state index < -0.39 is 0 Å². The molecule has 0 saturated carbocycles. The number of benzene rings is 2. The van der Waals surface area contributed by atoms with Crippen LogP contribution in [-0.2, 0) is 13.1 Å². The van der Waals surface area contributed by atoms with Crippen molar-refractivity contribution in [3.8, 4) is 0 Å². The minimum Gasteiger partial charge on any atom is -0.319 e. The Morgan fingerprint density at radius 3 is 1.59 bits per heavy atom. The predicted molar refractivity (Wildman–Crippen MR) is 88.6 cm³/mol. The van der Waals surface area contributed by atoms with E-state index in [4.69, 9.17) is 0 Å². The van der Waals surface area contributed by atoms with E-state index in [1.807, 2.05) is 34.1 Å². The fourth-order valence-corrected chi connectivity index (χ4v) is 2.91. The summed E-state index contributed by atoms with van der Waals surface area (Å²) in [5.41, 5.74) is 4.95. The minimum atomic E-state index is 0.145. The number of rotatable bonds is 4. The van der Waals surface area contributed by atoms with Crippen molar-refractivity contribution in [1.29, 1.82) is 0 Å². The van der Waals surface area contributed by atoms with Crippen molar-refractivity contribution in [1.82, 2.24) is 9.80 Å². The number of hydrogen-bond donors (Lipinski definition) is 0. The van der Waals surface area contributed by atoms with Gasteiger partial charge in [0.2, 0.25) is 0 Å². The van der Waals surface area contributed by atoms with Crippen molar-refractivity contribution in [2.75, 3.05) is 13.1 Å². The molecule has 22 heavy (non-hydrogen) atoms. The number of aryl methyl sites for hydroxylation is 2. The number of amides is 2. The van der Waals surface area contributed by atoms with Gasteiger partial charge in [0, 0.05) is 26.2 Å². The fourth-order valence-electron chi connectivity index (χ4n) is 2.91. The molecule has 2 aromatic rings. The Balaban J connectivity index is 1.68. The van der Waals surface area contributed by atoms with Gasteiger partial charge in [-0.2, -0.15) is 0 Å². The highest BCUT2D eigenvalue weighted by molar-refractivity contribution is 5.76. The van der Waals surface area contributed by atoms with Crippen LogP contribution in [0, 0.1) is 13.8 Å². The summed E-state index contributed by atoms with van der Waals surface area (Å²) >= 11 is 0. The maximum Gasteiger partial charge on any atom is 0.320 e. The minimum absolute atomic E-state index is 0.145. The van der Waals surface area contributed by atoms with E-state index in [9.17, 15) is 4.79 Å². The van der Waals surface area contributed by atoms with E-state index in [-0.39, 0.29) is 6.03 Å². The van der Waals surface area contributed by atoms with E-state index >= 15 is 0 Å². The monoisotopic (exact) mass is 294 g/mol. The number of carbonyl (C=O) groups excluding carboxylic acids is 1. The molecule has 0 bridgehead atoms. The number of nitrogens with zero attached hydrogens (tertiary/aromatic N) is 2. The SMILES string of the molecule is Cc1ccccc1CN1CCN(Cc2ccccc2C)C1=O. The Labute approximate surface area is 132 Å². The van der Waals surface area contributed by atoms with Crippen LogP contribution in [0.3, 0.4) is 0 Å². The molecule has 1 aliphatic rings. The van der Waals surface area contributed by atoms with Crippen LogP contribution < -0.4 is 0 Å².